The van der Waals surface area contributed by atoms with Gasteiger partial charge in [0.25, 0.3) is 0 Å². The first-order chi connectivity index (χ1) is 10.2. The molecular formula is C17H17N3O. The molecule has 0 spiro atoms. The van der Waals surface area contributed by atoms with Crippen LogP contribution in [0.3, 0.4) is 0 Å². The van der Waals surface area contributed by atoms with E-state index in [9.17, 15) is 4.79 Å². The Balaban J connectivity index is 1.68. The van der Waals surface area contributed by atoms with Crippen molar-refractivity contribution in [2.24, 2.45) is 0 Å². The van der Waals surface area contributed by atoms with Crippen molar-refractivity contribution >= 4 is 22.5 Å². The minimum absolute atomic E-state index is 0.109. The minimum atomic E-state index is 0.109. The van der Waals surface area contributed by atoms with Crippen molar-refractivity contribution in [1.82, 2.24) is 10.2 Å². The van der Waals surface area contributed by atoms with Gasteiger partial charge in [-0.3, -0.25) is 9.89 Å². The number of H-pyrrole nitrogens is 1. The van der Waals surface area contributed by atoms with Crippen LogP contribution in [0.4, 0.5) is 5.69 Å². The average molecular weight is 279 g/mol. The molecule has 2 aromatic carbocycles. The van der Waals surface area contributed by atoms with E-state index in [1.165, 1.54) is 5.56 Å². The maximum atomic E-state index is 12.3. The third-order valence-electron chi connectivity index (χ3n) is 3.66. The number of amides is 1. The molecule has 0 aliphatic carbocycles. The van der Waals surface area contributed by atoms with Gasteiger partial charge in [-0.2, -0.15) is 5.10 Å². The summed E-state index contributed by atoms with van der Waals surface area (Å²) in [5, 5.41) is 7.96. The Morgan fingerprint density at radius 3 is 2.81 bits per heavy atom. The number of benzene rings is 2. The molecule has 1 N–H and O–H groups in total. The van der Waals surface area contributed by atoms with Gasteiger partial charge in [-0.1, -0.05) is 30.3 Å². The highest BCUT2D eigenvalue weighted by atomic mass is 16.2. The van der Waals surface area contributed by atoms with E-state index in [0.717, 1.165) is 23.0 Å². The summed E-state index contributed by atoms with van der Waals surface area (Å²) < 4.78 is 0. The Morgan fingerprint density at radius 2 is 2.00 bits per heavy atom. The quantitative estimate of drug-likeness (QED) is 0.797. The lowest BCUT2D eigenvalue weighted by molar-refractivity contribution is -0.118. The van der Waals surface area contributed by atoms with E-state index < -0.39 is 0 Å². The van der Waals surface area contributed by atoms with E-state index in [2.05, 4.69) is 10.2 Å². The van der Waals surface area contributed by atoms with Gasteiger partial charge in [-0.15, -0.1) is 0 Å². The van der Waals surface area contributed by atoms with Gasteiger partial charge in [-0.05, 0) is 30.2 Å². The highest BCUT2D eigenvalue weighted by molar-refractivity contribution is 5.95. The Hall–Kier alpha value is -2.62. The summed E-state index contributed by atoms with van der Waals surface area (Å²) in [5.74, 6) is 0.109. The molecule has 0 fully saturated rings. The number of carbonyl (C=O) groups excluding carboxylic acids is 1. The SMILES string of the molecule is CN(C(=O)CCc1ccccc1)c1ccc2cn[nH]c2c1. The highest BCUT2D eigenvalue weighted by Gasteiger charge is 2.11. The van der Waals surface area contributed by atoms with Crippen LogP contribution in [-0.4, -0.2) is 23.2 Å². The third-order valence-corrected chi connectivity index (χ3v) is 3.66. The van der Waals surface area contributed by atoms with Gasteiger partial charge >= 0.3 is 0 Å². The number of carbonyl (C=O) groups is 1. The number of aromatic nitrogens is 2. The molecular weight excluding hydrogens is 262 g/mol. The molecule has 106 valence electrons. The van der Waals surface area contributed by atoms with Crippen molar-refractivity contribution in [3.05, 3.63) is 60.3 Å². The van der Waals surface area contributed by atoms with Crippen LogP contribution in [0.2, 0.25) is 0 Å². The zero-order valence-electron chi connectivity index (χ0n) is 11.9. The van der Waals surface area contributed by atoms with Gasteiger partial charge in [0.05, 0.1) is 11.7 Å². The summed E-state index contributed by atoms with van der Waals surface area (Å²) in [7, 11) is 1.81. The van der Waals surface area contributed by atoms with Gasteiger partial charge in [0.15, 0.2) is 0 Å². The van der Waals surface area contributed by atoms with Crippen molar-refractivity contribution < 1.29 is 4.79 Å². The molecule has 0 saturated heterocycles. The first kappa shape index (κ1) is 13.4. The molecule has 1 amide bonds. The number of aryl methyl sites for hydroxylation is 1. The first-order valence-electron chi connectivity index (χ1n) is 6.97. The Kier molecular flexibility index (Phi) is 3.69. The Bertz CT molecular complexity index is 749. The standard InChI is InChI=1S/C17H17N3O/c1-20(15-9-8-14-12-18-19-16(14)11-15)17(21)10-7-13-5-3-2-4-6-13/h2-6,8-9,11-12H,7,10H2,1H3,(H,18,19). The number of anilines is 1. The summed E-state index contributed by atoms with van der Waals surface area (Å²) in [6.45, 7) is 0. The second-order valence-electron chi connectivity index (χ2n) is 5.08. The molecule has 3 rings (SSSR count). The largest absolute Gasteiger partial charge is 0.315 e. The molecule has 1 heterocycles. The predicted molar refractivity (Wildman–Crippen MR) is 84.3 cm³/mol. The van der Waals surface area contributed by atoms with Gasteiger partial charge in [0, 0.05) is 24.5 Å². The summed E-state index contributed by atoms with van der Waals surface area (Å²) in [5.41, 5.74) is 3.00. The van der Waals surface area contributed by atoms with E-state index >= 15 is 0 Å². The van der Waals surface area contributed by atoms with Gasteiger partial charge in [0.2, 0.25) is 5.91 Å². The highest BCUT2D eigenvalue weighted by Crippen LogP contribution is 2.20. The van der Waals surface area contributed by atoms with Gasteiger partial charge in [-0.25, -0.2) is 0 Å². The van der Waals surface area contributed by atoms with Crippen LogP contribution in [0.15, 0.2) is 54.7 Å². The Labute approximate surface area is 123 Å². The number of hydrogen-bond donors (Lipinski definition) is 1. The fourth-order valence-electron chi connectivity index (χ4n) is 2.34. The van der Waals surface area contributed by atoms with E-state index in [0.29, 0.717) is 6.42 Å². The second kappa shape index (κ2) is 5.79. The van der Waals surface area contributed by atoms with E-state index in [1.54, 1.807) is 11.1 Å². The number of nitrogens with zero attached hydrogens (tertiary/aromatic N) is 2. The molecule has 4 nitrogen and oxygen atoms in total. The molecule has 0 bridgehead atoms. The molecule has 0 radical (unpaired) electrons. The predicted octanol–water partition coefficient (Wildman–Crippen LogP) is 3.16. The topological polar surface area (TPSA) is 49.0 Å². The van der Waals surface area contributed by atoms with Crippen LogP contribution in [0.1, 0.15) is 12.0 Å². The van der Waals surface area contributed by atoms with Crippen molar-refractivity contribution in [1.29, 1.82) is 0 Å². The van der Waals surface area contributed by atoms with Crippen LogP contribution in [0.25, 0.3) is 10.9 Å². The zero-order valence-corrected chi connectivity index (χ0v) is 11.9. The Morgan fingerprint density at radius 1 is 1.19 bits per heavy atom. The smallest absolute Gasteiger partial charge is 0.227 e. The van der Waals surface area contributed by atoms with Crippen molar-refractivity contribution in [3.63, 3.8) is 0 Å². The van der Waals surface area contributed by atoms with Crippen LogP contribution in [0.5, 0.6) is 0 Å². The lowest BCUT2D eigenvalue weighted by Gasteiger charge is -2.17. The van der Waals surface area contributed by atoms with Crippen LogP contribution in [-0.2, 0) is 11.2 Å². The molecule has 0 saturated carbocycles. The van der Waals surface area contributed by atoms with Crippen molar-refractivity contribution in [2.45, 2.75) is 12.8 Å². The van der Waals surface area contributed by atoms with Crippen molar-refractivity contribution in [2.75, 3.05) is 11.9 Å². The molecule has 1 aromatic heterocycles. The van der Waals surface area contributed by atoms with Gasteiger partial charge < -0.3 is 4.90 Å². The maximum absolute atomic E-state index is 12.3. The fraction of sp³-hybridized carbons (Fsp3) is 0.176. The first-order valence-corrected chi connectivity index (χ1v) is 6.97. The monoisotopic (exact) mass is 279 g/mol. The normalized spacial score (nSPS) is 10.7. The van der Waals surface area contributed by atoms with E-state index in [1.807, 2.05) is 55.6 Å². The molecule has 4 heteroatoms. The third kappa shape index (κ3) is 2.94. The molecule has 3 aromatic rings. The van der Waals surface area contributed by atoms with Gasteiger partial charge in [0.1, 0.15) is 0 Å². The number of fused-ring (bicyclic) bond motifs is 1. The fourth-order valence-corrected chi connectivity index (χ4v) is 2.34. The summed E-state index contributed by atoms with van der Waals surface area (Å²) in [4.78, 5) is 14.0. The summed E-state index contributed by atoms with van der Waals surface area (Å²) in [6.07, 6.45) is 3.04. The second-order valence-corrected chi connectivity index (χ2v) is 5.08. The van der Waals surface area contributed by atoms with Crippen LogP contribution < -0.4 is 4.90 Å². The summed E-state index contributed by atoms with van der Waals surface area (Å²) in [6, 6.07) is 15.9. The molecule has 0 aliphatic rings. The number of nitrogens with one attached hydrogen (secondary N) is 1. The number of rotatable bonds is 4. The number of aromatic amines is 1. The van der Waals surface area contributed by atoms with E-state index in [4.69, 9.17) is 0 Å². The lowest BCUT2D eigenvalue weighted by atomic mass is 10.1. The molecule has 0 aliphatic heterocycles. The number of hydrogen-bond acceptors (Lipinski definition) is 2. The average Bonchev–Trinajstić information content (AvgIpc) is 3.00. The summed E-state index contributed by atoms with van der Waals surface area (Å²) >= 11 is 0. The maximum Gasteiger partial charge on any atom is 0.227 e. The van der Waals surface area contributed by atoms with Crippen LogP contribution in [0, 0.1) is 0 Å². The minimum Gasteiger partial charge on any atom is -0.315 e. The molecule has 0 atom stereocenters. The van der Waals surface area contributed by atoms with Crippen molar-refractivity contribution in [3.8, 4) is 0 Å². The molecule has 21 heavy (non-hydrogen) atoms. The zero-order chi connectivity index (χ0) is 14.7. The van der Waals surface area contributed by atoms with Crippen LogP contribution >= 0.6 is 0 Å². The molecule has 0 unspecified atom stereocenters. The lowest BCUT2D eigenvalue weighted by Crippen LogP contribution is -2.26. The van der Waals surface area contributed by atoms with E-state index in [-0.39, 0.29) is 5.91 Å².